The first-order valence-corrected chi connectivity index (χ1v) is 10.1. The average molecular weight is 422 g/mol. The van der Waals surface area contributed by atoms with E-state index in [0.717, 1.165) is 38.2 Å². The van der Waals surface area contributed by atoms with Gasteiger partial charge in [0.2, 0.25) is 0 Å². The molecular formula is C21H25F3N4O2. The lowest BCUT2D eigenvalue weighted by Gasteiger charge is -2.47. The van der Waals surface area contributed by atoms with Gasteiger partial charge in [-0.2, -0.15) is 13.2 Å². The molecule has 1 aromatic carbocycles. The number of halogens is 3. The normalized spacial score (nSPS) is 22.8. The number of phenolic OH excluding ortho intramolecular Hbond substituents is 1. The molecule has 0 aliphatic carbocycles. The van der Waals surface area contributed by atoms with Crippen LogP contribution in [0.15, 0.2) is 24.3 Å². The fourth-order valence-electron chi connectivity index (χ4n) is 4.39. The fourth-order valence-corrected chi connectivity index (χ4v) is 4.39. The number of benzene rings is 1. The zero-order valence-corrected chi connectivity index (χ0v) is 17.0. The lowest BCUT2D eigenvalue weighted by atomic mass is 9.98. The minimum atomic E-state index is -4.52. The van der Waals surface area contributed by atoms with Crippen molar-refractivity contribution in [3.63, 3.8) is 0 Å². The molecule has 0 bridgehead atoms. The van der Waals surface area contributed by atoms with E-state index in [4.69, 9.17) is 4.74 Å². The van der Waals surface area contributed by atoms with Gasteiger partial charge < -0.3 is 19.6 Å². The predicted octanol–water partition coefficient (Wildman–Crippen LogP) is 3.48. The highest BCUT2D eigenvalue weighted by Crippen LogP contribution is 2.38. The van der Waals surface area contributed by atoms with E-state index in [1.54, 1.807) is 6.07 Å². The lowest BCUT2D eigenvalue weighted by Crippen LogP contribution is -2.60. The molecule has 4 rings (SSSR count). The maximum Gasteiger partial charge on any atom is 0.416 e. The van der Waals surface area contributed by atoms with E-state index in [1.165, 1.54) is 6.92 Å². The van der Waals surface area contributed by atoms with E-state index in [-0.39, 0.29) is 17.7 Å². The van der Waals surface area contributed by atoms with Gasteiger partial charge in [-0.3, -0.25) is 0 Å². The molecule has 162 valence electrons. The van der Waals surface area contributed by atoms with E-state index in [2.05, 4.69) is 26.9 Å². The maximum absolute atomic E-state index is 13.0. The number of piperidine rings is 1. The molecule has 2 aliphatic heterocycles. The Bertz CT molecular complexity index is 881. The van der Waals surface area contributed by atoms with Crippen LogP contribution in [0.3, 0.4) is 0 Å². The van der Waals surface area contributed by atoms with Gasteiger partial charge in [0.15, 0.2) is 5.82 Å². The van der Waals surface area contributed by atoms with Gasteiger partial charge in [0, 0.05) is 25.2 Å². The van der Waals surface area contributed by atoms with Crippen molar-refractivity contribution in [1.29, 1.82) is 0 Å². The van der Waals surface area contributed by atoms with Gasteiger partial charge in [-0.05, 0) is 49.7 Å². The summed E-state index contributed by atoms with van der Waals surface area (Å²) in [6.45, 7) is 7.88. The molecule has 1 aromatic heterocycles. The number of aromatic nitrogens is 2. The van der Waals surface area contributed by atoms with Crippen LogP contribution in [0.4, 0.5) is 19.0 Å². The minimum Gasteiger partial charge on any atom is -0.507 e. The predicted molar refractivity (Wildman–Crippen MR) is 106 cm³/mol. The second-order valence-electron chi connectivity index (χ2n) is 7.81. The smallest absolute Gasteiger partial charge is 0.416 e. The van der Waals surface area contributed by atoms with Crippen molar-refractivity contribution in [3.05, 3.63) is 35.4 Å². The van der Waals surface area contributed by atoms with E-state index >= 15 is 0 Å². The second kappa shape index (κ2) is 8.03. The summed E-state index contributed by atoms with van der Waals surface area (Å²) in [4.78, 5) is 4.58. The molecular weight excluding hydrogens is 397 g/mol. The Balaban J connectivity index is 1.60. The van der Waals surface area contributed by atoms with Crippen LogP contribution in [0.2, 0.25) is 0 Å². The number of hydrogen-bond donors (Lipinski definition) is 1. The number of likely N-dealkylation sites (tertiary alicyclic amines) is 1. The summed E-state index contributed by atoms with van der Waals surface area (Å²) >= 11 is 0. The number of alkyl halides is 3. The molecule has 2 atom stereocenters. The van der Waals surface area contributed by atoms with E-state index in [1.807, 2.05) is 6.07 Å². The van der Waals surface area contributed by atoms with Crippen molar-refractivity contribution in [1.82, 2.24) is 15.1 Å². The molecule has 2 saturated heterocycles. The highest BCUT2D eigenvalue weighted by Gasteiger charge is 2.37. The molecule has 0 saturated carbocycles. The molecule has 6 nitrogen and oxygen atoms in total. The molecule has 2 fully saturated rings. The number of nitrogens with zero attached hydrogens (tertiary/aromatic N) is 4. The minimum absolute atomic E-state index is 0.157. The zero-order valence-electron chi connectivity index (χ0n) is 17.0. The monoisotopic (exact) mass is 422 g/mol. The molecule has 30 heavy (non-hydrogen) atoms. The van der Waals surface area contributed by atoms with Crippen molar-refractivity contribution in [3.8, 4) is 17.0 Å². The van der Waals surface area contributed by atoms with Crippen LogP contribution in [0, 0.1) is 6.92 Å². The van der Waals surface area contributed by atoms with Gasteiger partial charge in [0.25, 0.3) is 0 Å². The summed E-state index contributed by atoms with van der Waals surface area (Å²) in [6, 6.07) is 5.44. The third-order valence-electron chi connectivity index (χ3n) is 5.96. The van der Waals surface area contributed by atoms with Crippen LogP contribution in [-0.2, 0) is 10.9 Å². The standard InChI is InChI=1S/C21H25F3N4O2/c1-3-27-7-6-18-16(12-27)28(8-9-30-18)19-5-4-15(25-26-19)20-13(2)10-14(11-17(20)29)21(22,23)24/h4-5,10-11,16,18,29H,3,6-9,12H2,1-2H3/t16-,18-/m1/s1. The van der Waals surface area contributed by atoms with Crippen molar-refractivity contribution in [2.24, 2.45) is 0 Å². The van der Waals surface area contributed by atoms with E-state index < -0.39 is 17.5 Å². The Hall–Kier alpha value is -2.39. The quantitative estimate of drug-likeness (QED) is 0.817. The van der Waals surface area contributed by atoms with Crippen LogP contribution >= 0.6 is 0 Å². The molecule has 0 amide bonds. The molecule has 2 aliphatic rings. The SMILES string of the molecule is CCN1CC[C@H]2OCCN(c3ccc(-c4c(C)cc(C(F)(F)F)cc4O)nn3)[C@@H]2C1. The number of morpholine rings is 1. The molecule has 1 N–H and O–H groups in total. The number of hydrogen-bond acceptors (Lipinski definition) is 6. The van der Waals surface area contributed by atoms with Crippen molar-refractivity contribution < 1.29 is 23.0 Å². The van der Waals surface area contributed by atoms with Crippen LogP contribution < -0.4 is 4.90 Å². The number of aromatic hydroxyl groups is 1. The molecule has 9 heteroatoms. The number of likely N-dealkylation sites (N-methyl/N-ethyl adjacent to an activating group) is 1. The highest BCUT2D eigenvalue weighted by atomic mass is 19.4. The van der Waals surface area contributed by atoms with Crippen molar-refractivity contribution in [2.45, 2.75) is 38.6 Å². The molecule has 0 unspecified atom stereocenters. The van der Waals surface area contributed by atoms with Crippen LogP contribution in [0.25, 0.3) is 11.3 Å². The Morgan fingerprint density at radius 2 is 2.00 bits per heavy atom. The fraction of sp³-hybridized carbons (Fsp3) is 0.524. The maximum atomic E-state index is 13.0. The third-order valence-corrected chi connectivity index (χ3v) is 5.96. The molecule has 0 spiro atoms. The second-order valence-corrected chi connectivity index (χ2v) is 7.81. The number of aryl methyl sites for hydroxylation is 1. The average Bonchev–Trinajstić information content (AvgIpc) is 2.72. The summed E-state index contributed by atoms with van der Waals surface area (Å²) in [5.74, 6) is 0.251. The summed E-state index contributed by atoms with van der Waals surface area (Å²) in [6.07, 6.45) is -3.39. The van der Waals surface area contributed by atoms with Gasteiger partial charge >= 0.3 is 6.18 Å². The largest absolute Gasteiger partial charge is 0.507 e. The lowest BCUT2D eigenvalue weighted by molar-refractivity contribution is -0.137. The van der Waals surface area contributed by atoms with Crippen LogP contribution in [0.5, 0.6) is 5.75 Å². The van der Waals surface area contributed by atoms with Gasteiger partial charge in [0.05, 0.1) is 30.0 Å². The first-order chi connectivity index (χ1) is 14.3. The molecule has 3 heterocycles. The number of anilines is 1. The number of fused-ring (bicyclic) bond motifs is 1. The van der Waals surface area contributed by atoms with E-state index in [0.29, 0.717) is 30.2 Å². The van der Waals surface area contributed by atoms with Crippen molar-refractivity contribution in [2.75, 3.05) is 37.7 Å². The zero-order chi connectivity index (χ0) is 21.5. The summed E-state index contributed by atoms with van der Waals surface area (Å²) in [5.41, 5.74) is 0.00693. The summed E-state index contributed by atoms with van der Waals surface area (Å²) in [7, 11) is 0. The van der Waals surface area contributed by atoms with Gasteiger partial charge in [0.1, 0.15) is 5.75 Å². The Kier molecular flexibility index (Phi) is 5.59. The number of rotatable bonds is 3. The van der Waals surface area contributed by atoms with Gasteiger partial charge in [-0.25, -0.2) is 0 Å². The Morgan fingerprint density at radius 3 is 2.63 bits per heavy atom. The first kappa shape index (κ1) is 20.9. The van der Waals surface area contributed by atoms with Crippen LogP contribution in [-0.4, -0.2) is 65.1 Å². The topological polar surface area (TPSA) is 61.7 Å². The molecule has 0 radical (unpaired) electrons. The number of phenols is 1. The van der Waals surface area contributed by atoms with Crippen molar-refractivity contribution >= 4 is 5.82 Å². The van der Waals surface area contributed by atoms with E-state index in [9.17, 15) is 18.3 Å². The number of ether oxygens (including phenoxy) is 1. The van der Waals surface area contributed by atoms with Gasteiger partial charge in [-0.1, -0.05) is 6.92 Å². The summed E-state index contributed by atoms with van der Waals surface area (Å²) < 4.78 is 44.9. The Labute approximate surface area is 173 Å². The highest BCUT2D eigenvalue weighted by molar-refractivity contribution is 5.71. The first-order valence-electron chi connectivity index (χ1n) is 10.1. The summed E-state index contributed by atoms with van der Waals surface area (Å²) in [5, 5.41) is 18.8. The Morgan fingerprint density at radius 1 is 1.20 bits per heavy atom. The molecule has 2 aromatic rings. The van der Waals surface area contributed by atoms with Crippen LogP contribution in [0.1, 0.15) is 24.5 Å². The van der Waals surface area contributed by atoms with Gasteiger partial charge in [-0.15, -0.1) is 10.2 Å². The third kappa shape index (κ3) is 3.96.